The second-order valence-corrected chi connectivity index (χ2v) is 7.30. The molecule has 5 nitrogen and oxygen atoms in total. The summed E-state index contributed by atoms with van der Waals surface area (Å²) in [6.45, 7) is 6.47. The minimum Gasteiger partial charge on any atom is -0.496 e. The molecule has 29 heavy (non-hydrogen) atoms. The number of carbonyl (C=O) groups excluding carboxylic acids is 1. The Morgan fingerprint density at radius 2 is 1.72 bits per heavy atom. The quantitative estimate of drug-likeness (QED) is 0.536. The maximum absolute atomic E-state index is 13.0. The third-order valence-electron chi connectivity index (χ3n) is 5.40. The molecule has 0 atom stereocenters. The van der Waals surface area contributed by atoms with Crippen molar-refractivity contribution >= 4 is 18.2 Å². The van der Waals surface area contributed by atoms with Crippen LogP contribution in [0, 0.1) is 0 Å². The maximum Gasteiger partial charge on any atom is 0.194 e. The number of hydrogen-bond donors (Lipinski definition) is 0. The van der Waals surface area contributed by atoms with E-state index in [1.807, 2.05) is 30.3 Å². The summed E-state index contributed by atoms with van der Waals surface area (Å²) in [5, 5.41) is 0. The van der Waals surface area contributed by atoms with Crippen molar-refractivity contribution in [2.75, 3.05) is 40.0 Å². The fourth-order valence-electron chi connectivity index (χ4n) is 4.03. The molecule has 0 aromatic heterocycles. The van der Waals surface area contributed by atoms with Crippen LogP contribution in [-0.2, 0) is 0 Å². The fourth-order valence-corrected chi connectivity index (χ4v) is 4.03. The SMILES string of the molecule is CCCOc1cc(OC)c2c(c1)C(=O)c1cccc(OCCN3CCCC3)c1-2.Cl. The molecule has 0 radical (unpaired) electrons. The van der Waals surface area contributed by atoms with Crippen LogP contribution >= 0.6 is 12.4 Å². The van der Waals surface area contributed by atoms with Gasteiger partial charge in [0.25, 0.3) is 0 Å². The lowest BCUT2D eigenvalue weighted by Gasteiger charge is -2.17. The number of hydrogen-bond acceptors (Lipinski definition) is 5. The Balaban J connectivity index is 0.00000240. The molecule has 1 saturated heterocycles. The molecule has 156 valence electrons. The molecule has 1 aliphatic carbocycles. The first-order valence-corrected chi connectivity index (χ1v) is 10.1. The van der Waals surface area contributed by atoms with Crippen molar-refractivity contribution in [3.05, 3.63) is 41.5 Å². The van der Waals surface area contributed by atoms with Gasteiger partial charge in [-0.3, -0.25) is 9.69 Å². The summed E-state index contributed by atoms with van der Waals surface area (Å²) in [5.41, 5.74) is 2.93. The van der Waals surface area contributed by atoms with E-state index in [0.29, 0.717) is 35.8 Å². The topological polar surface area (TPSA) is 48.0 Å². The predicted molar refractivity (Wildman–Crippen MR) is 116 cm³/mol. The Bertz CT molecular complexity index is 877. The first kappa shape index (κ1) is 21.5. The molecular weight excluding hydrogens is 390 g/mol. The molecule has 0 spiro atoms. The molecule has 0 saturated carbocycles. The van der Waals surface area contributed by atoms with Gasteiger partial charge in [0.2, 0.25) is 0 Å². The Morgan fingerprint density at radius 3 is 2.45 bits per heavy atom. The van der Waals surface area contributed by atoms with Gasteiger partial charge in [0, 0.05) is 34.9 Å². The highest BCUT2D eigenvalue weighted by Gasteiger charge is 2.33. The van der Waals surface area contributed by atoms with Crippen molar-refractivity contribution in [1.82, 2.24) is 4.90 Å². The van der Waals surface area contributed by atoms with Gasteiger partial charge in [-0.15, -0.1) is 12.4 Å². The number of nitrogens with zero attached hydrogens (tertiary/aromatic N) is 1. The van der Waals surface area contributed by atoms with Gasteiger partial charge in [0.15, 0.2) is 5.78 Å². The second kappa shape index (κ2) is 9.51. The van der Waals surface area contributed by atoms with Gasteiger partial charge in [0.05, 0.1) is 13.7 Å². The van der Waals surface area contributed by atoms with Crippen LogP contribution in [0.2, 0.25) is 0 Å². The van der Waals surface area contributed by atoms with E-state index < -0.39 is 0 Å². The average molecular weight is 418 g/mol. The molecule has 2 aromatic carbocycles. The average Bonchev–Trinajstić information content (AvgIpc) is 3.33. The Kier molecular flexibility index (Phi) is 7.04. The van der Waals surface area contributed by atoms with Crippen molar-refractivity contribution in [2.24, 2.45) is 0 Å². The van der Waals surface area contributed by atoms with Crippen molar-refractivity contribution < 1.29 is 19.0 Å². The van der Waals surface area contributed by atoms with Crippen LogP contribution in [-0.4, -0.2) is 50.6 Å². The number of fused-ring (bicyclic) bond motifs is 3. The van der Waals surface area contributed by atoms with Gasteiger partial charge in [0.1, 0.15) is 23.9 Å². The van der Waals surface area contributed by atoms with Crippen molar-refractivity contribution in [3.8, 4) is 28.4 Å². The van der Waals surface area contributed by atoms with Gasteiger partial charge in [-0.1, -0.05) is 19.1 Å². The minimum atomic E-state index is -0.00441. The lowest BCUT2D eigenvalue weighted by atomic mass is 10.0. The maximum atomic E-state index is 13.0. The van der Waals surface area contributed by atoms with E-state index in [-0.39, 0.29) is 18.2 Å². The third-order valence-corrected chi connectivity index (χ3v) is 5.40. The summed E-state index contributed by atoms with van der Waals surface area (Å²) in [6, 6.07) is 9.36. The summed E-state index contributed by atoms with van der Waals surface area (Å²) in [4.78, 5) is 15.5. The molecule has 6 heteroatoms. The summed E-state index contributed by atoms with van der Waals surface area (Å²) in [6.07, 6.45) is 3.44. The summed E-state index contributed by atoms with van der Waals surface area (Å²) in [7, 11) is 1.62. The van der Waals surface area contributed by atoms with Gasteiger partial charge in [-0.25, -0.2) is 0 Å². The number of rotatable bonds is 8. The van der Waals surface area contributed by atoms with Crippen LogP contribution < -0.4 is 14.2 Å². The highest BCUT2D eigenvalue weighted by molar-refractivity contribution is 6.23. The van der Waals surface area contributed by atoms with Crippen molar-refractivity contribution in [3.63, 3.8) is 0 Å². The van der Waals surface area contributed by atoms with Crippen LogP contribution in [0.25, 0.3) is 11.1 Å². The van der Waals surface area contributed by atoms with E-state index in [2.05, 4.69) is 11.8 Å². The molecule has 4 rings (SSSR count). The molecular formula is C23H28ClNO4. The largest absolute Gasteiger partial charge is 0.496 e. The molecule has 0 unspecified atom stereocenters. The monoisotopic (exact) mass is 417 g/mol. The lowest BCUT2D eigenvalue weighted by molar-refractivity contribution is 0.104. The van der Waals surface area contributed by atoms with E-state index in [0.717, 1.165) is 42.9 Å². The Hall–Kier alpha value is -2.24. The fraction of sp³-hybridized carbons (Fsp3) is 0.435. The highest BCUT2D eigenvalue weighted by atomic mass is 35.5. The molecule has 1 fully saturated rings. The van der Waals surface area contributed by atoms with Crippen LogP contribution in [0.5, 0.6) is 17.2 Å². The zero-order valence-electron chi connectivity index (χ0n) is 17.0. The minimum absolute atomic E-state index is 0. The number of likely N-dealkylation sites (tertiary alicyclic amines) is 1. The summed E-state index contributed by atoms with van der Waals surface area (Å²) in [5.74, 6) is 2.04. The van der Waals surface area contributed by atoms with Gasteiger partial charge in [-0.05, 0) is 44.5 Å². The second-order valence-electron chi connectivity index (χ2n) is 7.30. The normalized spacial score (nSPS) is 14.9. The highest BCUT2D eigenvalue weighted by Crippen LogP contribution is 2.48. The zero-order valence-corrected chi connectivity index (χ0v) is 17.8. The van der Waals surface area contributed by atoms with E-state index in [1.54, 1.807) is 7.11 Å². The first-order valence-electron chi connectivity index (χ1n) is 10.1. The van der Waals surface area contributed by atoms with Gasteiger partial charge >= 0.3 is 0 Å². The van der Waals surface area contributed by atoms with E-state index in [9.17, 15) is 4.79 Å². The van der Waals surface area contributed by atoms with Crippen LogP contribution in [0.15, 0.2) is 30.3 Å². The van der Waals surface area contributed by atoms with Crippen LogP contribution in [0.4, 0.5) is 0 Å². The molecule has 1 aliphatic heterocycles. The molecule has 0 N–H and O–H groups in total. The van der Waals surface area contributed by atoms with Crippen molar-refractivity contribution in [1.29, 1.82) is 0 Å². The predicted octanol–water partition coefficient (Wildman–Crippen LogP) is 4.59. The summed E-state index contributed by atoms with van der Waals surface area (Å²) < 4.78 is 17.5. The Morgan fingerprint density at radius 1 is 0.966 bits per heavy atom. The number of ketones is 1. The molecule has 1 heterocycles. The van der Waals surface area contributed by atoms with Gasteiger partial charge in [-0.2, -0.15) is 0 Å². The lowest BCUT2D eigenvalue weighted by Crippen LogP contribution is -2.25. The van der Waals surface area contributed by atoms with Crippen LogP contribution in [0.3, 0.4) is 0 Å². The van der Waals surface area contributed by atoms with E-state index >= 15 is 0 Å². The van der Waals surface area contributed by atoms with Crippen molar-refractivity contribution in [2.45, 2.75) is 26.2 Å². The molecule has 0 amide bonds. The van der Waals surface area contributed by atoms with Crippen LogP contribution in [0.1, 0.15) is 42.1 Å². The number of halogens is 1. The van der Waals surface area contributed by atoms with E-state index in [4.69, 9.17) is 14.2 Å². The Labute approximate surface area is 178 Å². The van der Waals surface area contributed by atoms with Gasteiger partial charge < -0.3 is 14.2 Å². The third kappa shape index (κ3) is 4.21. The summed E-state index contributed by atoms with van der Waals surface area (Å²) >= 11 is 0. The molecule has 2 aliphatic rings. The standard InChI is InChI=1S/C23H27NO4.ClH/c1-3-12-27-16-14-18-22(20(15-16)26-2)21-17(23(18)25)7-6-8-19(21)28-13-11-24-9-4-5-10-24;/h6-8,14-15H,3-5,9-13H2,1-2H3;1H. The van der Waals surface area contributed by atoms with E-state index in [1.165, 1.54) is 12.8 Å². The zero-order chi connectivity index (χ0) is 19.5. The molecule has 2 aromatic rings. The number of ether oxygens (including phenoxy) is 3. The number of carbonyl (C=O) groups is 1. The smallest absolute Gasteiger partial charge is 0.194 e. The first-order chi connectivity index (χ1) is 13.7. The number of methoxy groups -OCH3 is 1. The number of benzene rings is 2. The molecule has 0 bridgehead atoms.